The van der Waals surface area contributed by atoms with Crippen LogP contribution in [0.4, 0.5) is 0 Å². The highest BCUT2D eigenvalue weighted by atomic mass is 32.1. The molecule has 1 aliphatic heterocycles. The second-order valence-corrected chi connectivity index (χ2v) is 8.11. The van der Waals surface area contributed by atoms with E-state index in [0.29, 0.717) is 13.0 Å². The molecule has 4 rings (SSSR count). The zero-order valence-corrected chi connectivity index (χ0v) is 16.4. The first-order chi connectivity index (χ1) is 13.2. The topological polar surface area (TPSA) is 32.8 Å². The molecular formula is C22H24N2O2S. The number of hydrogen-bond acceptors (Lipinski definition) is 4. The molecule has 1 aromatic heterocycles. The van der Waals surface area contributed by atoms with E-state index in [1.807, 2.05) is 40.5 Å². The van der Waals surface area contributed by atoms with Gasteiger partial charge in [0.05, 0.1) is 7.11 Å². The number of thiophene rings is 1. The lowest BCUT2D eigenvalue weighted by Gasteiger charge is -2.22. The van der Waals surface area contributed by atoms with Crippen molar-refractivity contribution < 1.29 is 9.53 Å². The predicted molar refractivity (Wildman–Crippen MR) is 110 cm³/mol. The van der Waals surface area contributed by atoms with Crippen molar-refractivity contribution in [2.45, 2.75) is 19.5 Å². The lowest BCUT2D eigenvalue weighted by atomic mass is 10.2. The summed E-state index contributed by atoms with van der Waals surface area (Å²) in [7, 11) is 1.67. The van der Waals surface area contributed by atoms with Gasteiger partial charge in [-0.1, -0.05) is 30.3 Å². The number of rotatable bonds is 5. The number of benzene rings is 2. The Bertz CT molecular complexity index is 886. The number of carbonyl (C=O) groups is 1. The van der Waals surface area contributed by atoms with E-state index in [1.165, 1.54) is 15.0 Å². The molecule has 140 valence electrons. The average Bonchev–Trinajstić information content (AvgIpc) is 3.03. The monoisotopic (exact) mass is 380 g/mol. The average molecular weight is 381 g/mol. The molecule has 3 aromatic rings. The van der Waals surface area contributed by atoms with Gasteiger partial charge in [-0.15, -0.1) is 11.3 Å². The van der Waals surface area contributed by atoms with Gasteiger partial charge in [0.25, 0.3) is 0 Å². The first-order valence-corrected chi connectivity index (χ1v) is 10.1. The van der Waals surface area contributed by atoms with Crippen LogP contribution >= 0.6 is 11.3 Å². The molecule has 0 bridgehead atoms. The Morgan fingerprint density at radius 2 is 1.81 bits per heavy atom. The normalized spacial score (nSPS) is 15.9. The Morgan fingerprint density at radius 3 is 2.59 bits per heavy atom. The van der Waals surface area contributed by atoms with Crippen LogP contribution in [-0.4, -0.2) is 42.5 Å². The van der Waals surface area contributed by atoms with Crippen molar-refractivity contribution >= 4 is 27.3 Å². The first-order valence-electron chi connectivity index (χ1n) is 9.32. The highest BCUT2D eigenvalue weighted by Gasteiger charge is 2.21. The molecule has 1 fully saturated rings. The van der Waals surface area contributed by atoms with Crippen molar-refractivity contribution in [2.75, 3.05) is 26.7 Å². The molecule has 0 aliphatic carbocycles. The maximum absolute atomic E-state index is 12.6. The number of amides is 1. The third-order valence-electron chi connectivity index (χ3n) is 5.07. The van der Waals surface area contributed by atoms with Gasteiger partial charge < -0.3 is 9.64 Å². The summed E-state index contributed by atoms with van der Waals surface area (Å²) in [5, 5.41) is 1.31. The van der Waals surface area contributed by atoms with Gasteiger partial charge in [-0.2, -0.15) is 0 Å². The maximum atomic E-state index is 12.6. The number of nitrogens with zero attached hydrogens (tertiary/aromatic N) is 2. The van der Waals surface area contributed by atoms with E-state index in [2.05, 4.69) is 35.2 Å². The zero-order valence-electron chi connectivity index (χ0n) is 15.6. The minimum atomic E-state index is 0.240. The Hall–Kier alpha value is -2.37. The molecule has 0 radical (unpaired) electrons. The predicted octanol–water partition coefficient (Wildman–Crippen LogP) is 4.14. The fourth-order valence-corrected chi connectivity index (χ4v) is 4.63. The van der Waals surface area contributed by atoms with Crippen LogP contribution in [0.5, 0.6) is 5.75 Å². The van der Waals surface area contributed by atoms with Crippen molar-refractivity contribution in [1.82, 2.24) is 9.80 Å². The Morgan fingerprint density at radius 1 is 1.00 bits per heavy atom. The van der Waals surface area contributed by atoms with E-state index in [-0.39, 0.29) is 5.91 Å². The quantitative estimate of drug-likeness (QED) is 0.667. The van der Waals surface area contributed by atoms with Gasteiger partial charge in [0.2, 0.25) is 5.91 Å². The molecule has 27 heavy (non-hydrogen) atoms. The molecule has 0 spiro atoms. The van der Waals surface area contributed by atoms with Crippen LogP contribution < -0.4 is 4.74 Å². The van der Waals surface area contributed by atoms with E-state index in [0.717, 1.165) is 37.5 Å². The summed E-state index contributed by atoms with van der Waals surface area (Å²) in [4.78, 5) is 18.3. The fraction of sp³-hybridized carbons (Fsp3) is 0.318. The summed E-state index contributed by atoms with van der Waals surface area (Å²) in [6.45, 7) is 4.10. The lowest BCUT2D eigenvalue weighted by Crippen LogP contribution is -2.32. The largest absolute Gasteiger partial charge is 0.497 e. The third-order valence-corrected chi connectivity index (χ3v) is 6.17. The van der Waals surface area contributed by atoms with Crippen molar-refractivity contribution in [3.05, 3.63) is 65.0 Å². The molecule has 1 aliphatic rings. The van der Waals surface area contributed by atoms with Gasteiger partial charge in [-0.3, -0.25) is 9.69 Å². The Kier molecular flexibility index (Phi) is 5.41. The van der Waals surface area contributed by atoms with Gasteiger partial charge in [-0.25, -0.2) is 0 Å². The van der Waals surface area contributed by atoms with Crippen LogP contribution in [0.3, 0.4) is 0 Å². The Labute approximate surface area is 164 Å². The number of carbonyl (C=O) groups excluding carboxylic acids is 1. The highest BCUT2D eigenvalue weighted by molar-refractivity contribution is 7.19. The molecule has 1 saturated heterocycles. The molecule has 2 heterocycles. The van der Waals surface area contributed by atoms with Gasteiger partial charge >= 0.3 is 0 Å². The van der Waals surface area contributed by atoms with Crippen LogP contribution in [0, 0.1) is 0 Å². The summed E-state index contributed by atoms with van der Waals surface area (Å²) in [6, 6.07) is 18.8. The van der Waals surface area contributed by atoms with Crippen molar-refractivity contribution in [3.8, 4) is 5.75 Å². The number of ether oxygens (including phenoxy) is 1. The molecule has 2 aromatic carbocycles. The number of hydrogen-bond donors (Lipinski definition) is 0. The van der Waals surface area contributed by atoms with Gasteiger partial charge in [-0.05, 0) is 35.2 Å². The first kappa shape index (κ1) is 18.0. The molecule has 0 atom stereocenters. The fourth-order valence-electron chi connectivity index (χ4n) is 3.52. The second kappa shape index (κ2) is 8.11. The number of methoxy groups -OCH3 is 1. The zero-order chi connectivity index (χ0) is 18.6. The molecule has 0 N–H and O–H groups in total. The van der Waals surface area contributed by atoms with Crippen LogP contribution in [-0.2, 0) is 17.9 Å². The number of fused-ring (bicyclic) bond motifs is 1. The third kappa shape index (κ3) is 4.31. The molecule has 1 amide bonds. The van der Waals surface area contributed by atoms with Gasteiger partial charge in [0.1, 0.15) is 5.75 Å². The molecule has 5 heteroatoms. The van der Waals surface area contributed by atoms with E-state index in [9.17, 15) is 4.79 Å². The Balaban J connectivity index is 1.38. The lowest BCUT2D eigenvalue weighted by molar-refractivity contribution is -0.130. The maximum Gasteiger partial charge on any atom is 0.224 e. The summed E-state index contributed by atoms with van der Waals surface area (Å²) in [5.74, 6) is 1.08. The minimum absolute atomic E-state index is 0.240. The smallest absolute Gasteiger partial charge is 0.224 e. The van der Waals surface area contributed by atoms with Crippen LogP contribution in [0.25, 0.3) is 10.1 Å². The molecule has 0 saturated carbocycles. The second-order valence-electron chi connectivity index (χ2n) is 6.94. The van der Waals surface area contributed by atoms with Crippen molar-refractivity contribution in [3.63, 3.8) is 0 Å². The van der Waals surface area contributed by atoms with Gasteiger partial charge in [0.15, 0.2) is 0 Å². The summed E-state index contributed by atoms with van der Waals surface area (Å²) < 4.78 is 6.54. The van der Waals surface area contributed by atoms with E-state index >= 15 is 0 Å². The molecular weight excluding hydrogens is 356 g/mol. The van der Waals surface area contributed by atoms with Crippen LogP contribution in [0.15, 0.2) is 54.6 Å². The van der Waals surface area contributed by atoms with Gasteiger partial charge in [0, 0.05) is 48.7 Å². The van der Waals surface area contributed by atoms with Crippen molar-refractivity contribution in [2.24, 2.45) is 0 Å². The van der Waals surface area contributed by atoms with E-state index in [1.54, 1.807) is 7.11 Å². The minimum Gasteiger partial charge on any atom is -0.497 e. The van der Waals surface area contributed by atoms with Crippen molar-refractivity contribution in [1.29, 1.82) is 0 Å². The summed E-state index contributed by atoms with van der Waals surface area (Å²) >= 11 is 1.85. The summed E-state index contributed by atoms with van der Waals surface area (Å²) in [6.07, 6.45) is 0.584. The van der Waals surface area contributed by atoms with Crippen LogP contribution in [0.1, 0.15) is 16.9 Å². The standard InChI is InChI=1S/C22H24N2O2S/c1-26-19-8-6-17(7-9-19)15-24-13-12-23(11-10-22(24)25)16-20-14-18-4-2-3-5-21(18)27-20/h2-9,14H,10-13,15-16H2,1H3. The highest BCUT2D eigenvalue weighted by Crippen LogP contribution is 2.26. The molecule has 0 unspecified atom stereocenters. The van der Waals surface area contributed by atoms with E-state index < -0.39 is 0 Å². The van der Waals surface area contributed by atoms with E-state index in [4.69, 9.17) is 4.74 Å². The van der Waals surface area contributed by atoms with Crippen LogP contribution in [0.2, 0.25) is 0 Å². The summed E-state index contributed by atoms with van der Waals surface area (Å²) in [5.41, 5.74) is 1.14. The molecule has 4 nitrogen and oxygen atoms in total. The SMILES string of the molecule is COc1ccc(CN2CCN(Cc3cc4ccccc4s3)CCC2=O)cc1.